The Bertz CT molecular complexity index is 534. The Labute approximate surface area is 140 Å². The van der Waals surface area contributed by atoms with Gasteiger partial charge in [-0.05, 0) is 42.5 Å². The maximum Gasteiger partial charge on any atom is 0.389 e. The topological polar surface area (TPSA) is 61.5 Å². The number of fused-ring (bicyclic) bond motifs is 1. The Morgan fingerprint density at radius 1 is 1.33 bits per heavy atom. The Balaban J connectivity index is 0.000000891. The second-order valence-electron chi connectivity index (χ2n) is 5.82. The standard InChI is InChI=1S/C15H18F3NO2.C2H6O/c16-15(17,18)5-1-9-21-12-2-3-13-11(10-12)4-6-14(13,19)7-8-20;1-3-2/h2-3,8,10H,1,4-7,9,19H2;1-2H3/t14-;/m0./s1. The molecule has 136 valence electrons. The number of carbonyl (C=O) groups is 1. The molecule has 2 rings (SSSR count). The molecule has 24 heavy (non-hydrogen) atoms. The fraction of sp³-hybridized carbons (Fsp3) is 0.588. The summed E-state index contributed by atoms with van der Waals surface area (Å²) in [6.45, 7) is 0.0282. The number of methoxy groups -OCH3 is 1. The van der Waals surface area contributed by atoms with Crippen LogP contribution in [0.2, 0.25) is 0 Å². The molecule has 1 atom stereocenters. The zero-order valence-corrected chi connectivity index (χ0v) is 14.0. The molecule has 1 aromatic carbocycles. The van der Waals surface area contributed by atoms with E-state index in [-0.39, 0.29) is 19.4 Å². The van der Waals surface area contributed by atoms with Crippen LogP contribution in [-0.2, 0) is 21.5 Å². The Kier molecular flexibility index (Phi) is 7.69. The number of alkyl halides is 3. The lowest BCUT2D eigenvalue weighted by atomic mass is 9.90. The molecule has 1 aliphatic carbocycles. The summed E-state index contributed by atoms with van der Waals surface area (Å²) in [6.07, 6.45) is -2.52. The van der Waals surface area contributed by atoms with Crippen molar-refractivity contribution in [3.05, 3.63) is 29.3 Å². The number of hydrogen-bond acceptors (Lipinski definition) is 4. The number of hydrogen-bond donors (Lipinski definition) is 1. The number of rotatable bonds is 6. The zero-order chi connectivity index (χ0) is 18.2. The smallest absolute Gasteiger partial charge is 0.389 e. The van der Waals surface area contributed by atoms with E-state index < -0.39 is 18.1 Å². The lowest BCUT2D eigenvalue weighted by molar-refractivity contribution is -0.136. The van der Waals surface area contributed by atoms with Gasteiger partial charge in [0.15, 0.2) is 0 Å². The number of ether oxygens (including phenoxy) is 2. The predicted molar refractivity (Wildman–Crippen MR) is 85.0 cm³/mol. The molecule has 2 N–H and O–H groups in total. The van der Waals surface area contributed by atoms with Gasteiger partial charge in [-0.15, -0.1) is 0 Å². The van der Waals surface area contributed by atoms with Crippen LogP contribution in [0.1, 0.15) is 36.8 Å². The largest absolute Gasteiger partial charge is 0.494 e. The van der Waals surface area contributed by atoms with Crippen molar-refractivity contribution in [1.82, 2.24) is 0 Å². The van der Waals surface area contributed by atoms with E-state index >= 15 is 0 Å². The Morgan fingerprint density at radius 2 is 2.00 bits per heavy atom. The summed E-state index contributed by atoms with van der Waals surface area (Å²) in [5.74, 6) is 0.547. The second kappa shape index (κ2) is 9.03. The van der Waals surface area contributed by atoms with Crippen LogP contribution in [0, 0.1) is 0 Å². The van der Waals surface area contributed by atoms with Crippen LogP contribution in [0.25, 0.3) is 0 Å². The van der Waals surface area contributed by atoms with Gasteiger partial charge in [0, 0.05) is 32.6 Å². The van der Waals surface area contributed by atoms with Crippen LogP contribution in [-0.4, -0.2) is 33.3 Å². The van der Waals surface area contributed by atoms with Gasteiger partial charge in [0.2, 0.25) is 0 Å². The monoisotopic (exact) mass is 347 g/mol. The summed E-state index contributed by atoms with van der Waals surface area (Å²) in [4.78, 5) is 10.7. The molecular weight excluding hydrogens is 323 g/mol. The van der Waals surface area contributed by atoms with Crippen LogP contribution >= 0.6 is 0 Å². The van der Waals surface area contributed by atoms with Crippen molar-refractivity contribution in [2.45, 2.75) is 43.8 Å². The minimum atomic E-state index is -4.14. The number of aldehydes is 1. The van der Waals surface area contributed by atoms with E-state index in [9.17, 15) is 18.0 Å². The van der Waals surface area contributed by atoms with Crippen molar-refractivity contribution in [3.8, 4) is 5.75 Å². The van der Waals surface area contributed by atoms with Gasteiger partial charge in [-0.25, -0.2) is 0 Å². The van der Waals surface area contributed by atoms with E-state index in [1.807, 2.05) is 12.1 Å². The summed E-state index contributed by atoms with van der Waals surface area (Å²) < 4.78 is 45.7. The maximum atomic E-state index is 12.0. The highest BCUT2D eigenvalue weighted by atomic mass is 19.4. The fourth-order valence-electron chi connectivity index (χ4n) is 2.67. The van der Waals surface area contributed by atoms with E-state index in [1.165, 1.54) is 0 Å². The van der Waals surface area contributed by atoms with Gasteiger partial charge in [-0.1, -0.05) is 6.07 Å². The molecule has 7 heteroatoms. The Hall–Kier alpha value is -1.60. The molecule has 0 radical (unpaired) electrons. The normalized spacial score (nSPS) is 19.2. The SMILES string of the molecule is COC.N[C@]1(CC=O)CCc2cc(OCCCC(F)(F)F)ccc21. The quantitative estimate of drug-likeness (QED) is 0.633. The molecule has 0 aromatic heterocycles. The Morgan fingerprint density at radius 3 is 2.58 bits per heavy atom. The highest BCUT2D eigenvalue weighted by Gasteiger charge is 2.34. The van der Waals surface area contributed by atoms with E-state index in [0.717, 1.165) is 23.8 Å². The van der Waals surface area contributed by atoms with Gasteiger partial charge in [-0.2, -0.15) is 13.2 Å². The van der Waals surface area contributed by atoms with Gasteiger partial charge in [0.05, 0.1) is 6.61 Å². The third-order valence-corrected chi connectivity index (χ3v) is 3.77. The minimum Gasteiger partial charge on any atom is -0.494 e. The lowest BCUT2D eigenvalue weighted by Crippen LogP contribution is -2.34. The van der Waals surface area contributed by atoms with Gasteiger partial charge in [-0.3, -0.25) is 0 Å². The molecule has 0 heterocycles. The summed E-state index contributed by atoms with van der Waals surface area (Å²) >= 11 is 0. The average Bonchev–Trinajstić information content (AvgIpc) is 2.81. The molecule has 0 unspecified atom stereocenters. The summed E-state index contributed by atoms with van der Waals surface area (Å²) in [5.41, 5.74) is 7.52. The first-order chi connectivity index (χ1) is 11.3. The highest BCUT2D eigenvalue weighted by Crippen LogP contribution is 2.38. The maximum absolute atomic E-state index is 12.0. The van der Waals surface area contributed by atoms with Gasteiger partial charge < -0.3 is 20.0 Å². The van der Waals surface area contributed by atoms with Crippen LogP contribution in [0.15, 0.2) is 18.2 Å². The van der Waals surface area contributed by atoms with Gasteiger partial charge in [0.25, 0.3) is 0 Å². The van der Waals surface area contributed by atoms with Gasteiger partial charge in [0.1, 0.15) is 12.0 Å². The number of carbonyl (C=O) groups excluding carboxylic acids is 1. The second-order valence-corrected chi connectivity index (χ2v) is 5.82. The number of aryl methyl sites for hydroxylation is 1. The molecule has 4 nitrogen and oxygen atoms in total. The predicted octanol–water partition coefficient (Wildman–Crippen LogP) is 3.36. The van der Waals surface area contributed by atoms with Crippen LogP contribution in [0.3, 0.4) is 0 Å². The van der Waals surface area contributed by atoms with E-state index in [1.54, 1.807) is 20.3 Å². The van der Waals surface area contributed by atoms with Crippen molar-refractivity contribution < 1.29 is 27.4 Å². The summed E-state index contributed by atoms with van der Waals surface area (Å²) in [7, 11) is 3.25. The van der Waals surface area contributed by atoms with Gasteiger partial charge >= 0.3 is 6.18 Å². The first-order valence-electron chi connectivity index (χ1n) is 7.71. The molecule has 0 saturated heterocycles. The van der Waals surface area contributed by atoms with E-state index in [4.69, 9.17) is 10.5 Å². The molecule has 1 aliphatic rings. The minimum absolute atomic E-state index is 0.0282. The molecular formula is C17H24F3NO3. The molecule has 1 aromatic rings. The van der Waals surface area contributed by atoms with Crippen molar-refractivity contribution in [3.63, 3.8) is 0 Å². The van der Waals surface area contributed by atoms with Crippen LogP contribution in [0.5, 0.6) is 5.75 Å². The molecule has 0 spiro atoms. The molecule has 0 fully saturated rings. The van der Waals surface area contributed by atoms with Crippen molar-refractivity contribution in [2.24, 2.45) is 5.73 Å². The first-order valence-corrected chi connectivity index (χ1v) is 7.71. The highest BCUT2D eigenvalue weighted by molar-refractivity contribution is 5.56. The zero-order valence-electron chi connectivity index (χ0n) is 14.0. The van der Waals surface area contributed by atoms with E-state index in [2.05, 4.69) is 4.74 Å². The molecule has 0 aliphatic heterocycles. The van der Waals surface area contributed by atoms with E-state index in [0.29, 0.717) is 12.2 Å². The van der Waals surface area contributed by atoms with Crippen LogP contribution in [0.4, 0.5) is 13.2 Å². The number of halogens is 3. The van der Waals surface area contributed by atoms with Crippen molar-refractivity contribution in [1.29, 1.82) is 0 Å². The lowest BCUT2D eigenvalue weighted by Gasteiger charge is -2.22. The van der Waals surface area contributed by atoms with Crippen molar-refractivity contribution >= 4 is 6.29 Å². The van der Waals surface area contributed by atoms with Crippen molar-refractivity contribution in [2.75, 3.05) is 20.8 Å². The molecule has 0 bridgehead atoms. The molecule has 0 saturated carbocycles. The molecule has 0 amide bonds. The number of benzene rings is 1. The number of nitrogens with two attached hydrogens (primary N) is 1. The summed E-state index contributed by atoms with van der Waals surface area (Å²) in [5, 5.41) is 0. The average molecular weight is 347 g/mol. The summed E-state index contributed by atoms with van der Waals surface area (Å²) in [6, 6.07) is 5.32. The third-order valence-electron chi connectivity index (χ3n) is 3.77. The third kappa shape index (κ3) is 6.13. The fourth-order valence-corrected chi connectivity index (χ4v) is 2.67. The van der Waals surface area contributed by atoms with Crippen LogP contribution < -0.4 is 10.5 Å². The first kappa shape index (κ1) is 20.4.